The molecule has 1 amide bonds. The maximum atomic E-state index is 12.4. The van der Waals surface area contributed by atoms with Gasteiger partial charge in [-0.05, 0) is 55.5 Å². The Morgan fingerprint density at radius 2 is 1.83 bits per heavy atom. The zero-order valence-corrected chi connectivity index (χ0v) is 17.9. The largest absolute Gasteiger partial charge is 0.482 e. The van der Waals surface area contributed by atoms with Gasteiger partial charge in [-0.25, -0.2) is 23.1 Å². The van der Waals surface area contributed by atoms with Crippen molar-refractivity contribution in [2.24, 2.45) is 0 Å². The van der Waals surface area contributed by atoms with Crippen LogP contribution < -0.4 is 14.8 Å². The van der Waals surface area contributed by atoms with E-state index in [4.69, 9.17) is 27.9 Å². The van der Waals surface area contributed by atoms with Gasteiger partial charge in [-0.3, -0.25) is 4.79 Å². The summed E-state index contributed by atoms with van der Waals surface area (Å²) in [6, 6.07) is 11.9. The number of halogens is 2. The zero-order chi connectivity index (χ0) is 21.7. The van der Waals surface area contributed by atoms with E-state index in [1.165, 1.54) is 36.5 Å². The highest BCUT2D eigenvalue weighted by molar-refractivity contribution is 7.92. The van der Waals surface area contributed by atoms with Crippen LogP contribution in [0.15, 0.2) is 59.6 Å². The fourth-order valence-electron chi connectivity index (χ4n) is 2.33. The van der Waals surface area contributed by atoms with Crippen molar-refractivity contribution in [2.75, 3.05) is 16.6 Å². The molecule has 1 aromatic heterocycles. The maximum absolute atomic E-state index is 12.4. The minimum absolute atomic E-state index is 0.00481. The molecule has 11 heteroatoms. The van der Waals surface area contributed by atoms with Crippen LogP contribution in [0.3, 0.4) is 0 Å². The number of carbonyl (C=O) groups is 1. The van der Waals surface area contributed by atoms with Gasteiger partial charge < -0.3 is 10.1 Å². The predicted octanol–water partition coefficient (Wildman–Crippen LogP) is 3.91. The lowest BCUT2D eigenvalue weighted by atomic mass is 10.3. The Hall–Kier alpha value is -2.88. The number of aryl methyl sites for hydroxylation is 1. The molecule has 2 aromatic carbocycles. The normalized spacial score (nSPS) is 11.0. The number of carbonyl (C=O) groups excluding carboxylic acids is 1. The molecule has 3 aromatic rings. The topological polar surface area (TPSA) is 110 Å². The van der Waals surface area contributed by atoms with E-state index in [0.29, 0.717) is 22.2 Å². The minimum atomic E-state index is -3.87. The number of amides is 1. The highest BCUT2D eigenvalue weighted by atomic mass is 35.5. The van der Waals surface area contributed by atoms with Crippen LogP contribution in [0.1, 0.15) is 5.69 Å². The van der Waals surface area contributed by atoms with Crippen molar-refractivity contribution in [3.63, 3.8) is 0 Å². The first-order chi connectivity index (χ1) is 14.2. The summed E-state index contributed by atoms with van der Waals surface area (Å²) in [5.74, 6) is -0.143. The lowest BCUT2D eigenvalue weighted by molar-refractivity contribution is -0.118. The Morgan fingerprint density at radius 3 is 2.50 bits per heavy atom. The van der Waals surface area contributed by atoms with E-state index in [1.54, 1.807) is 25.1 Å². The van der Waals surface area contributed by atoms with Crippen molar-refractivity contribution in [3.05, 3.63) is 70.5 Å². The molecule has 0 bridgehead atoms. The second-order valence-corrected chi connectivity index (χ2v) is 8.59. The molecule has 8 nitrogen and oxygen atoms in total. The van der Waals surface area contributed by atoms with Gasteiger partial charge in [0.15, 0.2) is 6.61 Å². The second kappa shape index (κ2) is 9.29. The number of aromatic nitrogens is 2. The number of nitrogens with zero attached hydrogens (tertiary/aromatic N) is 2. The molecule has 3 rings (SSSR count). The smallest absolute Gasteiger partial charge is 0.264 e. The third-order valence-electron chi connectivity index (χ3n) is 3.72. The number of hydrogen-bond donors (Lipinski definition) is 2. The van der Waals surface area contributed by atoms with Gasteiger partial charge in [0, 0.05) is 22.6 Å². The Balaban J connectivity index is 1.60. The van der Waals surface area contributed by atoms with Gasteiger partial charge in [-0.2, -0.15) is 0 Å². The molecule has 0 aliphatic rings. The molecule has 0 spiro atoms. The first-order valence-electron chi connectivity index (χ1n) is 8.53. The van der Waals surface area contributed by atoms with Gasteiger partial charge in [0.2, 0.25) is 5.95 Å². The lowest BCUT2D eigenvalue weighted by Crippen LogP contribution is -2.20. The first-order valence-corrected chi connectivity index (χ1v) is 10.8. The van der Waals surface area contributed by atoms with Crippen LogP contribution in [-0.4, -0.2) is 30.9 Å². The molecule has 0 aliphatic heterocycles. The number of anilines is 2. The Morgan fingerprint density at radius 1 is 1.10 bits per heavy atom. The van der Waals surface area contributed by atoms with E-state index in [9.17, 15) is 13.2 Å². The molecule has 0 radical (unpaired) electrons. The number of sulfonamides is 1. The van der Waals surface area contributed by atoms with Crippen molar-refractivity contribution >= 4 is 50.8 Å². The summed E-state index contributed by atoms with van der Waals surface area (Å²) >= 11 is 11.8. The fraction of sp³-hybridized carbons (Fsp3) is 0.105. The average Bonchev–Trinajstić information content (AvgIpc) is 2.67. The van der Waals surface area contributed by atoms with Crippen LogP contribution >= 0.6 is 23.2 Å². The Bertz CT molecular complexity index is 1170. The average molecular weight is 467 g/mol. The molecule has 0 atom stereocenters. The molecule has 1 heterocycles. The summed E-state index contributed by atoms with van der Waals surface area (Å²) in [5.41, 5.74) is 1.03. The molecule has 0 aliphatic carbocycles. The molecular formula is C19H16Cl2N4O4S. The van der Waals surface area contributed by atoms with Crippen molar-refractivity contribution in [3.8, 4) is 5.75 Å². The summed E-state index contributed by atoms with van der Waals surface area (Å²) in [7, 11) is -3.87. The van der Waals surface area contributed by atoms with Crippen molar-refractivity contribution in [1.82, 2.24) is 9.97 Å². The first kappa shape index (κ1) is 21.8. The SMILES string of the molecule is Cc1ccnc(NS(=O)(=O)c2ccc(NC(=O)COc3ccc(Cl)cc3Cl)cc2)n1. The number of ether oxygens (including phenoxy) is 1. The van der Waals surface area contributed by atoms with Gasteiger partial charge in [0.1, 0.15) is 5.75 Å². The number of benzene rings is 2. The Kier molecular flexibility index (Phi) is 6.76. The van der Waals surface area contributed by atoms with Crippen LogP contribution in [0.5, 0.6) is 5.75 Å². The molecular weight excluding hydrogens is 451 g/mol. The molecule has 30 heavy (non-hydrogen) atoms. The van der Waals surface area contributed by atoms with Gasteiger partial charge in [-0.15, -0.1) is 0 Å². The number of hydrogen-bond acceptors (Lipinski definition) is 6. The second-order valence-electron chi connectivity index (χ2n) is 6.06. The van der Waals surface area contributed by atoms with Gasteiger partial charge in [0.25, 0.3) is 15.9 Å². The van der Waals surface area contributed by atoms with E-state index >= 15 is 0 Å². The third kappa shape index (κ3) is 5.82. The molecule has 0 saturated carbocycles. The van der Waals surface area contributed by atoms with Crippen LogP contribution in [-0.2, 0) is 14.8 Å². The van der Waals surface area contributed by atoms with Gasteiger partial charge in [-0.1, -0.05) is 23.2 Å². The molecule has 2 N–H and O–H groups in total. The van der Waals surface area contributed by atoms with Crippen LogP contribution in [0.25, 0.3) is 0 Å². The summed E-state index contributed by atoms with van der Waals surface area (Å²) in [5, 5.41) is 3.35. The lowest BCUT2D eigenvalue weighted by Gasteiger charge is -2.10. The van der Waals surface area contributed by atoms with E-state index in [2.05, 4.69) is 20.0 Å². The quantitative estimate of drug-likeness (QED) is 0.545. The van der Waals surface area contributed by atoms with Crippen molar-refractivity contribution in [1.29, 1.82) is 0 Å². The maximum Gasteiger partial charge on any atom is 0.264 e. The summed E-state index contributed by atoms with van der Waals surface area (Å²) in [4.78, 5) is 19.9. The van der Waals surface area contributed by atoms with Gasteiger partial charge >= 0.3 is 0 Å². The van der Waals surface area contributed by atoms with Crippen molar-refractivity contribution in [2.45, 2.75) is 11.8 Å². The zero-order valence-electron chi connectivity index (χ0n) is 15.6. The predicted molar refractivity (Wildman–Crippen MR) is 115 cm³/mol. The van der Waals surface area contributed by atoms with Crippen LogP contribution in [0.4, 0.5) is 11.6 Å². The Labute approximate surface area is 183 Å². The van der Waals surface area contributed by atoms with E-state index in [-0.39, 0.29) is 22.5 Å². The van der Waals surface area contributed by atoms with Crippen molar-refractivity contribution < 1.29 is 17.9 Å². The molecule has 0 saturated heterocycles. The summed E-state index contributed by atoms with van der Waals surface area (Å²) in [6.45, 7) is 1.44. The number of nitrogens with one attached hydrogen (secondary N) is 2. The summed E-state index contributed by atoms with van der Waals surface area (Å²) < 4.78 is 32.5. The monoisotopic (exact) mass is 466 g/mol. The molecule has 156 valence electrons. The highest BCUT2D eigenvalue weighted by Crippen LogP contribution is 2.27. The number of rotatable bonds is 7. The fourth-order valence-corrected chi connectivity index (χ4v) is 3.74. The minimum Gasteiger partial charge on any atom is -0.482 e. The van der Waals surface area contributed by atoms with E-state index in [0.717, 1.165) is 0 Å². The van der Waals surface area contributed by atoms with Crippen LogP contribution in [0.2, 0.25) is 10.0 Å². The van der Waals surface area contributed by atoms with Gasteiger partial charge in [0.05, 0.1) is 9.92 Å². The third-order valence-corrected chi connectivity index (χ3v) is 5.60. The summed E-state index contributed by atoms with van der Waals surface area (Å²) in [6.07, 6.45) is 1.46. The molecule has 0 fully saturated rings. The van der Waals surface area contributed by atoms with E-state index in [1.807, 2.05) is 0 Å². The molecule has 0 unspecified atom stereocenters. The standard InChI is InChI=1S/C19H16Cl2N4O4S/c1-12-8-9-22-19(23-12)25-30(27,28)15-5-3-14(4-6-15)24-18(26)11-29-17-7-2-13(20)10-16(17)21/h2-10H,11H2,1H3,(H,24,26)(H,22,23,25). The highest BCUT2D eigenvalue weighted by Gasteiger charge is 2.16. The van der Waals surface area contributed by atoms with E-state index < -0.39 is 15.9 Å². The van der Waals surface area contributed by atoms with Crippen LogP contribution in [0, 0.1) is 6.92 Å².